The highest BCUT2D eigenvalue weighted by Gasteiger charge is 2.37. The lowest BCUT2D eigenvalue weighted by molar-refractivity contribution is -0.0128. The van der Waals surface area contributed by atoms with Crippen molar-refractivity contribution in [1.82, 2.24) is 5.32 Å². The summed E-state index contributed by atoms with van der Waals surface area (Å²) in [4.78, 5) is 0. The van der Waals surface area contributed by atoms with Crippen molar-refractivity contribution in [2.75, 3.05) is 6.54 Å². The smallest absolute Gasteiger partial charge is 0.0771 e. The third-order valence-corrected chi connectivity index (χ3v) is 5.55. The Morgan fingerprint density at radius 3 is 2.28 bits per heavy atom. The van der Waals surface area contributed by atoms with Crippen molar-refractivity contribution in [3.05, 3.63) is 0 Å². The van der Waals surface area contributed by atoms with Crippen LogP contribution in [0.25, 0.3) is 0 Å². The SMILES string of the molecule is CCC1CCC(O)(CNC2CCCC2(C)C)CC1. The molecule has 2 heteroatoms. The molecule has 1 atom stereocenters. The standard InChI is InChI=1S/C16H31NO/c1-4-13-7-10-16(18,11-8-13)12-17-14-6-5-9-15(14,2)3/h13-14,17-18H,4-12H2,1-3H3. The van der Waals surface area contributed by atoms with Crippen molar-refractivity contribution >= 4 is 0 Å². The number of hydrogen-bond donors (Lipinski definition) is 2. The van der Waals surface area contributed by atoms with E-state index in [0.717, 1.165) is 25.3 Å². The summed E-state index contributed by atoms with van der Waals surface area (Å²) in [6, 6.07) is 0.602. The summed E-state index contributed by atoms with van der Waals surface area (Å²) in [6.07, 6.45) is 9.62. The molecule has 2 fully saturated rings. The molecule has 0 aromatic carbocycles. The monoisotopic (exact) mass is 253 g/mol. The van der Waals surface area contributed by atoms with Gasteiger partial charge in [-0.25, -0.2) is 0 Å². The number of aliphatic hydroxyl groups is 1. The number of hydrogen-bond acceptors (Lipinski definition) is 2. The van der Waals surface area contributed by atoms with Crippen LogP contribution in [0, 0.1) is 11.3 Å². The molecule has 2 rings (SSSR count). The van der Waals surface area contributed by atoms with E-state index in [9.17, 15) is 5.11 Å². The van der Waals surface area contributed by atoms with E-state index in [2.05, 4.69) is 26.1 Å². The minimum atomic E-state index is -0.426. The van der Waals surface area contributed by atoms with Crippen LogP contribution >= 0.6 is 0 Å². The second-order valence-electron chi connectivity index (χ2n) is 7.39. The zero-order valence-electron chi connectivity index (χ0n) is 12.5. The summed E-state index contributed by atoms with van der Waals surface area (Å²) in [5.74, 6) is 0.855. The van der Waals surface area contributed by atoms with Gasteiger partial charge < -0.3 is 10.4 Å². The van der Waals surface area contributed by atoms with Crippen molar-refractivity contribution in [2.45, 2.75) is 83.8 Å². The molecular weight excluding hydrogens is 222 g/mol. The van der Waals surface area contributed by atoms with Crippen LogP contribution in [0.4, 0.5) is 0 Å². The highest BCUT2D eigenvalue weighted by Crippen LogP contribution is 2.38. The molecule has 0 aromatic rings. The molecule has 0 aromatic heterocycles. The van der Waals surface area contributed by atoms with Crippen LogP contribution in [0.3, 0.4) is 0 Å². The van der Waals surface area contributed by atoms with E-state index in [4.69, 9.17) is 0 Å². The largest absolute Gasteiger partial charge is 0.389 e. The zero-order valence-corrected chi connectivity index (χ0v) is 12.5. The maximum absolute atomic E-state index is 10.7. The molecule has 2 aliphatic rings. The fourth-order valence-electron chi connectivity index (χ4n) is 3.82. The first-order chi connectivity index (χ1) is 8.45. The Labute approximate surface area is 113 Å². The van der Waals surface area contributed by atoms with E-state index in [-0.39, 0.29) is 0 Å². The van der Waals surface area contributed by atoms with Gasteiger partial charge in [-0.05, 0) is 49.9 Å². The van der Waals surface area contributed by atoms with E-state index in [1.54, 1.807) is 0 Å². The van der Waals surface area contributed by atoms with Gasteiger partial charge in [0.25, 0.3) is 0 Å². The molecule has 0 spiro atoms. The van der Waals surface area contributed by atoms with Gasteiger partial charge in [-0.1, -0.05) is 33.6 Å². The molecule has 0 amide bonds. The molecular formula is C16H31NO. The summed E-state index contributed by atoms with van der Waals surface area (Å²) in [5.41, 5.74) is -0.0126. The van der Waals surface area contributed by atoms with Crippen molar-refractivity contribution < 1.29 is 5.11 Å². The third kappa shape index (κ3) is 3.27. The molecule has 0 heterocycles. The lowest BCUT2D eigenvalue weighted by Crippen LogP contribution is -2.49. The topological polar surface area (TPSA) is 32.3 Å². The lowest BCUT2D eigenvalue weighted by Gasteiger charge is -2.38. The summed E-state index contributed by atoms with van der Waals surface area (Å²) >= 11 is 0. The normalized spacial score (nSPS) is 40.0. The minimum Gasteiger partial charge on any atom is -0.389 e. The Bertz CT molecular complexity index is 266. The van der Waals surface area contributed by atoms with Gasteiger partial charge in [0.1, 0.15) is 0 Å². The Balaban J connectivity index is 1.79. The molecule has 18 heavy (non-hydrogen) atoms. The molecule has 2 saturated carbocycles. The molecule has 0 bridgehead atoms. The lowest BCUT2D eigenvalue weighted by atomic mass is 9.77. The summed E-state index contributed by atoms with van der Waals surface area (Å²) in [6.45, 7) is 7.79. The Morgan fingerprint density at radius 2 is 1.78 bits per heavy atom. The average molecular weight is 253 g/mol. The van der Waals surface area contributed by atoms with Gasteiger partial charge in [0, 0.05) is 12.6 Å². The quantitative estimate of drug-likeness (QED) is 0.804. The van der Waals surface area contributed by atoms with Crippen LogP contribution in [0.1, 0.15) is 72.1 Å². The van der Waals surface area contributed by atoms with Crippen LogP contribution in [0.2, 0.25) is 0 Å². The Hall–Kier alpha value is -0.0800. The van der Waals surface area contributed by atoms with Gasteiger partial charge in [-0.2, -0.15) is 0 Å². The minimum absolute atomic E-state index is 0.414. The fourth-order valence-corrected chi connectivity index (χ4v) is 3.82. The molecule has 2 aliphatic carbocycles. The second-order valence-corrected chi connectivity index (χ2v) is 7.39. The fraction of sp³-hybridized carbons (Fsp3) is 1.00. The first-order valence-corrected chi connectivity index (χ1v) is 7.91. The molecule has 0 radical (unpaired) electrons. The molecule has 2 N–H and O–H groups in total. The van der Waals surface area contributed by atoms with Gasteiger partial charge in [-0.15, -0.1) is 0 Å². The molecule has 106 valence electrons. The first kappa shape index (κ1) is 14.3. The Morgan fingerprint density at radius 1 is 1.11 bits per heavy atom. The van der Waals surface area contributed by atoms with Crippen LogP contribution in [-0.4, -0.2) is 23.3 Å². The zero-order chi connectivity index (χ0) is 13.2. The van der Waals surface area contributed by atoms with Crippen LogP contribution in [-0.2, 0) is 0 Å². The maximum atomic E-state index is 10.7. The maximum Gasteiger partial charge on any atom is 0.0771 e. The Kier molecular flexibility index (Phi) is 4.38. The van der Waals surface area contributed by atoms with Crippen molar-refractivity contribution in [2.24, 2.45) is 11.3 Å². The first-order valence-electron chi connectivity index (χ1n) is 7.91. The molecule has 2 nitrogen and oxygen atoms in total. The summed E-state index contributed by atoms with van der Waals surface area (Å²) in [7, 11) is 0. The van der Waals surface area contributed by atoms with Gasteiger partial charge in [0.2, 0.25) is 0 Å². The van der Waals surface area contributed by atoms with Crippen molar-refractivity contribution in [3.8, 4) is 0 Å². The van der Waals surface area contributed by atoms with Crippen molar-refractivity contribution in [3.63, 3.8) is 0 Å². The molecule has 1 unspecified atom stereocenters. The predicted molar refractivity (Wildman–Crippen MR) is 76.6 cm³/mol. The van der Waals surface area contributed by atoms with Gasteiger partial charge in [-0.3, -0.25) is 0 Å². The number of nitrogens with one attached hydrogen (secondary N) is 1. The predicted octanol–water partition coefficient (Wildman–Crippen LogP) is 3.49. The second kappa shape index (κ2) is 5.50. The van der Waals surface area contributed by atoms with Gasteiger partial charge >= 0.3 is 0 Å². The van der Waals surface area contributed by atoms with Crippen LogP contribution < -0.4 is 5.32 Å². The summed E-state index contributed by atoms with van der Waals surface area (Å²) < 4.78 is 0. The van der Waals surface area contributed by atoms with E-state index in [1.165, 1.54) is 38.5 Å². The molecule has 0 aliphatic heterocycles. The van der Waals surface area contributed by atoms with E-state index in [1.807, 2.05) is 0 Å². The highest BCUT2D eigenvalue weighted by atomic mass is 16.3. The molecule has 0 saturated heterocycles. The van der Waals surface area contributed by atoms with Crippen LogP contribution in [0.15, 0.2) is 0 Å². The van der Waals surface area contributed by atoms with Gasteiger partial charge in [0.05, 0.1) is 5.60 Å². The highest BCUT2D eigenvalue weighted by molar-refractivity contribution is 4.94. The number of rotatable bonds is 4. The van der Waals surface area contributed by atoms with E-state index in [0.29, 0.717) is 11.5 Å². The van der Waals surface area contributed by atoms with Crippen LogP contribution in [0.5, 0.6) is 0 Å². The summed E-state index contributed by atoms with van der Waals surface area (Å²) in [5, 5.41) is 14.3. The van der Waals surface area contributed by atoms with Gasteiger partial charge in [0.15, 0.2) is 0 Å². The average Bonchev–Trinajstić information content (AvgIpc) is 2.67. The van der Waals surface area contributed by atoms with E-state index >= 15 is 0 Å². The third-order valence-electron chi connectivity index (χ3n) is 5.55. The van der Waals surface area contributed by atoms with Crippen molar-refractivity contribution in [1.29, 1.82) is 0 Å². The van der Waals surface area contributed by atoms with E-state index < -0.39 is 5.60 Å².